The Labute approximate surface area is 133 Å². The zero-order valence-electron chi connectivity index (χ0n) is 13.4. The molecule has 0 aliphatic rings. The molecular formula is C20H20BN. The summed E-state index contributed by atoms with van der Waals surface area (Å²) in [5.41, 5.74) is 7.36. The first kappa shape index (κ1) is 14.5. The summed E-state index contributed by atoms with van der Waals surface area (Å²) in [6.45, 7) is 4.23. The number of rotatable bonds is 3. The molecule has 0 spiro atoms. The van der Waals surface area contributed by atoms with Crippen LogP contribution in [0, 0.1) is 13.8 Å². The summed E-state index contributed by atoms with van der Waals surface area (Å²) >= 11 is 0. The minimum atomic E-state index is 1.18. The van der Waals surface area contributed by atoms with Gasteiger partial charge in [-0.15, -0.1) is 0 Å². The van der Waals surface area contributed by atoms with Crippen molar-refractivity contribution < 1.29 is 0 Å². The molecule has 1 nitrogen and oxygen atoms in total. The average Bonchev–Trinajstić information content (AvgIpc) is 2.53. The van der Waals surface area contributed by atoms with Crippen LogP contribution in [-0.4, -0.2) is 7.85 Å². The molecule has 0 aromatic heterocycles. The van der Waals surface area contributed by atoms with Gasteiger partial charge in [-0.05, 0) is 50.2 Å². The van der Waals surface area contributed by atoms with Gasteiger partial charge in [0.05, 0.1) is 0 Å². The standard InChI is InChI=1S/C20H20BN/c1-15-3-9-18(10-4-15)22(19-11-5-16(2)6-12-19)20-13-7-17(21)8-14-20/h3-14H,21H2,1-2H3. The van der Waals surface area contributed by atoms with Crippen molar-refractivity contribution in [1.29, 1.82) is 0 Å². The lowest BCUT2D eigenvalue weighted by atomic mass is 9.96. The third-order valence-corrected chi connectivity index (χ3v) is 3.88. The minimum Gasteiger partial charge on any atom is -0.311 e. The fourth-order valence-corrected chi connectivity index (χ4v) is 2.53. The maximum Gasteiger partial charge on any atom is 0.139 e. The Morgan fingerprint density at radius 2 is 0.864 bits per heavy atom. The first-order valence-electron chi connectivity index (χ1n) is 7.63. The van der Waals surface area contributed by atoms with E-state index < -0.39 is 0 Å². The summed E-state index contributed by atoms with van der Waals surface area (Å²) in [5, 5.41) is 0. The van der Waals surface area contributed by atoms with Gasteiger partial charge < -0.3 is 4.90 Å². The van der Waals surface area contributed by atoms with E-state index in [0.717, 1.165) is 0 Å². The molecule has 3 rings (SSSR count). The van der Waals surface area contributed by atoms with Gasteiger partial charge in [-0.3, -0.25) is 0 Å². The predicted octanol–water partition coefficient (Wildman–Crippen LogP) is 4.03. The quantitative estimate of drug-likeness (QED) is 0.657. The Morgan fingerprint density at radius 3 is 1.23 bits per heavy atom. The molecule has 3 aromatic carbocycles. The summed E-state index contributed by atoms with van der Waals surface area (Å²) < 4.78 is 0. The molecule has 0 unspecified atom stereocenters. The van der Waals surface area contributed by atoms with E-state index in [2.05, 4.69) is 99.4 Å². The van der Waals surface area contributed by atoms with Crippen LogP contribution < -0.4 is 10.4 Å². The van der Waals surface area contributed by atoms with E-state index in [0.29, 0.717) is 0 Å². The lowest BCUT2D eigenvalue weighted by molar-refractivity contribution is 1.27. The van der Waals surface area contributed by atoms with E-state index in [-0.39, 0.29) is 0 Å². The monoisotopic (exact) mass is 285 g/mol. The highest BCUT2D eigenvalue weighted by Crippen LogP contribution is 2.34. The molecule has 22 heavy (non-hydrogen) atoms. The van der Waals surface area contributed by atoms with Crippen molar-refractivity contribution in [1.82, 2.24) is 0 Å². The van der Waals surface area contributed by atoms with Gasteiger partial charge in [0.15, 0.2) is 0 Å². The molecular weight excluding hydrogens is 265 g/mol. The Balaban J connectivity index is 2.10. The van der Waals surface area contributed by atoms with Crippen LogP contribution in [0.15, 0.2) is 72.8 Å². The molecule has 3 aromatic rings. The van der Waals surface area contributed by atoms with E-state index >= 15 is 0 Å². The average molecular weight is 285 g/mol. The number of anilines is 3. The summed E-state index contributed by atoms with van der Waals surface area (Å²) in [6, 6.07) is 26.0. The van der Waals surface area contributed by atoms with E-state index in [4.69, 9.17) is 0 Å². The molecule has 0 aliphatic heterocycles. The second-order valence-corrected chi connectivity index (χ2v) is 5.84. The van der Waals surface area contributed by atoms with Gasteiger partial charge in [0, 0.05) is 17.1 Å². The first-order chi connectivity index (χ1) is 10.6. The van der Waals surface area contributed by atoms with Crippen molar-refractivity contribution in [2.45, 2.75) is 13.8 Å². The van der Waals surface area contributed by atoms with Gasteiger partial charge >= 0.3 is 0 Å². The third-order valence-electron chi connectivity index (χ3n) is 3.88. The molecule has 0 saturated carbocycles. The Kier molecular flexibility index (Phi) is 4.01. The molecule has 0 radical (unpaired) electrons. The lowest BCUT2D eigenvalue weighted by Crippen LogP contribution is -2.11. The maximum absolute atomic E-state index is 2.29. The Bertz CT molecular complexity index is 635. The van der Waals surface area contributed by atoms with E-state index in [1.54, 1.807) is 0 Å². The van der Waals surface area contributed by atoms with Crippen LogP contribution in [0.2, 0.25) is 0 Å². The first-order valence-corrected chi connectivity index (χ1v) is 7.63. The number of hydrogen-bond acceptors (Lipinski definition) is 1. The van der Waals surface area contributed by atoms with Crippen LogP contribution in [0.5, 0.6) is 0 Å². The summed E-state index contributed by atoms with van der Waals surface area (Å²) in [5.74, 6) is 0. The molecule has 0 N–H and O–H groups in total. The Morgan fingerprint density at radius 1 is 0.545 bits per heavy atom. The summed E-state index contributed by atoms with van der Waals surface area (Å²) in [7, 11) is 2.12. The smallest absolute Gasteiger partial charge is 0.139 e. The normalized spacial score (nSPS) is 10.5. The van der Waals surface area contributed by atoms with Crippen LogP contribution in [0.1, 0.15) is 11.1 Å². The highest BCUT2D eigenvalue weighted by atomic mass is 15.1. The van der Waals surface area contributed by atoms with Gasteiger partial charge in [0.25, 0.3) is 0 Å². The van der Waals surface area contributed by atoms with Crippen LogP contribution in [0.4, 0.5) is 17.1 Å². The van der Waals surface area contributed by atoms with Gasteiger partial charge in [0.1, 0.15) is 7.85 Å². The fraction of sp³-hybridized carbons (Fsp3) is 0.100. The van der Waals surface area contributed by atoms with Gasteiger partial charge in [-0.25, -0.2) is 0 Å². The third kappa shape index (κ3) is 3.06. The zero-order chi connectivity index (χ0) is 15.5. The molecule has 0 fully saturated rings. The van der Waals surface area contributed by atoms with E-state index in [1.807, 2.05) is 0 Å². The van der Waals surface area contributed by atoms with E-state index in [1.165, 1.54) is 33.7 Å². The number of benzene rings is 3. The second kappa shape index (κ2) is 6.11. The lowest BCUT2D eigenvalue weighted by Gasteiger charge is -2.25. The van der Waals surface area contributed by atoms with Crippen molar-refractivity contribution in [2.75, 3.05) is 4.90 Å². The molecule has 0 bridgehead atoms. The van der Waals surface area contributed by atoms with Crippen LogP contribution in [0.25, 0.3) is 0 Å². The number of aryl methyl sites for hydroxylation is 2. The molecule has 0 saturated heterocycles. The minimum absolute atomic E-state index is 1.18. The molecule has 0 atom stereocenters. The highest BCUT2D eigenvalue weighted by molar-refractivity contribution is 6.32. The molecule has 0 amide bonds. The van der Waals surface area contributed by atoms with Gasteiger partial charge in [-0.1, -0.05) is 53.0 Å². The highest BCUT2D eigenvalue weighted by Gasteiger charge is 2.11. The van der Waals surface area contributed by atoms with Gasteiger partial charge in [0.2, 0.25) is 0 Å². The van der Waals surface area contributed by atoms with Crippen molar-refractivity contribution in [3.8, 4) is 0 Å². The predicted molar refractivity (Wildman–Crippen MR) is 98.8 cm³/mol. The SMILES string of the molecule is Bc1ccc(N(c2ccc(C)cc2)c2ccc(C)cc2)cc1. The van der Waals surface area contributed by atoms with Crippen LogP contribution >= 0.6 is 0 Å². The molecule has 108 valence electrons. The summed E-state index contributed by atoms with van der Waals surface area (Å²) in [6.07, 6.45) is 0. The Hall–Kier alpha value is -2.48. The van der Waals surface area contributed by atoms with Crippen molar-refractivity contribution >= 4 is 30.4 Å². The zero-order valence-corrected chi connectivity index (χ0v) is 13.4. The van der Waals surface area contributed by atoms with Crippen molar-refractivity contribution in [3.05, 3.63) is 83.9 Å². The number of nitrogens with zero attached hydrogens (tertiary/aromatic N) is 1. The van der Waals surface area contributed by atoms with Crippen LogP contribution in [0.3, 0.4) is 0 Å². The van der Waals surface area contributed by atoms with Crippen molar-refractivity contribution in [2.24, 2.45) is 0 Å². The largest absolute Gasteiger partial charge is 0.311 e. The van der Waals surface area contributed by atoms with Gasteiger partial charge in [-0.2, -0.15) is 0 Å². The topological polar surface area (TPSA) is 3.24 Å². The fourth-order valence-electron chi connectivity index (χ4n) is 2.53. The summed E-state index contributed by atoms with van der Waals surface area (Å²) in [4.78, 5) is 2.29. The number of hydrogen-bond donors (Lipinski definition) is 0. The second-order valence-electron chi connectivity index (χ2n) is 5.84. The maximum atomic E-state index is 2.29. The molecule has 2 heteroatoms. The van der Waals surface area contributed by atoms with Crippen LogP contribution in [-0.2, 0) is 0 Å². The van der Waals surface area contributed by atoms with E-state index in [9.17, 15) is 0 Å². The molecule has 0 aliphatic carbocycles. The molecule has 0 heterocycles. The van der Waals surface area contributed by atoms with Crippen molar-refractivity contribution in [3.63, 3.8) is 0 Å².